The van der Waals surface area contributed by atoms with Gasteiger partial charge in [-0.2, -0.15) is 0 Å². The van der Waals surface area contributed by atoms with Crippen LogP contribution in [0.2, 0.25) is 0 Å². The Kier molecular flexibility index (Phi) is 8.19. The molecule has 0 heterocycles. The van der Waals surface area contributed by atoms with Gasteiger partial charge in [0.25, 0.3) is 5.91 Å². The fourth-order valence-corrected chi connectivity index (χ4v) is 5.83. The number of alkyl halides is 1. The molecule has 13 heteroatoms. The lowest BCUT2D eigenvalue weighted by molar-refractivity contribution is -0.153. The Morgan fingerprint density at radius 2 is 1.87 bits per heavy atom. The minimum Gasteiger partial charge on any atom is -0.508 e. The van der Waals surface area contributed by atoms with E-state index in [1.807, 2.05) is 0 Å². The van der Waals surface area contributed by atoms with Crippen molar-refractivity contribution in [2.45, 2.75) is 42.7 Å². The molecule has 5 atom stereocenters. The molecule has 0 aromatic heterocycles. The molecule has 2 amide bonds. The third-order valence-corrected chi connectivity index (χ3v) is 8.56. The van der Waals surface area contributed by atoms with Crippen LogP contribution in [0, 0.1) is 11.8 Å². The zero-order valence-electron chi connectivity index (χ0n) is 20.8. The summed E-state index contributed by atoms with van der Waals surface area (Å²) in [5, 5.41) is 47.2. The third kappa shape index (κ3) is 4.25. The molecule has 1 fully saturated rings. The molecule has 0 spiro atoms. The van der Waals surface area contributed by atoms with E-state index in [1.165, 1.54) is 25.1 Å². The highest BCUT2D eigenvalue weighted by Crippen LogP contribution is 2.53. The van der Waals surface area contributed by atoms with Gasteiger partial charge in [-0.25, -0.2) is 0 Å². The van der Waals surface area contributed by atoms with Crippen LogP contribution < -0.4 is 11.1 Å². The second-order valence-corrected chi connectivity index (χ2v) is 10.9. The maximum absolute atomic E-state index is 13.8. The SMILES string of the molecule is Br.CCC(Br)C(=O)Nc1ccc2c(c1O)C(O)=C1C(=O)[C@]3(O)C(O)=C(C(N)=O)C(=O)[C@@H](N(C)C)C3CC1C2. The molecule has 206 valence electrons. The van der Waals surface area contributed by atoms with Gasteiger partial charge in [0, 0.05) is 11.5 Å². The average molecular weight is 659 g/mol. The van der Waals surface area contributed by atoms with Gasteiger partial charge < -0.3 is 31.5 Å². The van der Waals surface area contributed by atoms with Crippen molar-refractivity contribution in [1.29, 1.82) is 0 Å². The van der Waals surface area contributed by atoms with Gasteiger partial charge in [-0.3, -0.25) is 24.1 Å². The van der Waals surface area contributed by atoms with Crippen molar-refractivity contribution in [1.82, 2.24) is 4.90 Å². The summed E-state index contributed by atoms with van der Waals surface area (Å²) in [6.07, 6.45) is 0.669. The van der Waals surface area contributed by atoms with Crippen molar-refractivity contribution < 1.29 is 39.6 Å². The molecule has 0 radical (unpaired) electrons. The number of aliphatic hydroxyl groups is 3. The summed E-state index contributed by atoms with van der Waals surface area (Å²) in [6.45, 7) is 1.79. The van der Waals surface area contributed by atoms with Gasteiger partial charge in [0.2, 0.25) is 11.7 Å². The summed E-state index contributed by atoms with van der Waals surface area (Å²) in [6, 6.07) is 1.95. The number of primary amides is 1. The third-order valence-electron chi connectivity index (χ3n) is 7.49. The van der Waals surface area contributed by atoms with Crippen LogP contribution in [-0.4, -0.2) is 79.3 Å². The van der Waals surface area contributed by atoms with Gasteiger partial charge in [-0.05, 0) is 50.9 Å². The summed E-state index contributed by atoms with van der Waals surface area (Å²) in [5.41, 5.74) is 1.92. The van der Waals surface area contributed by atoms with Crippen LogP contribution in [0.15, 0.2) is 29.0 Å². The predicted molar refractivity (Wildman–Crippen MR) is 146 cm³/mol. The number of fused-ring (bicyclic) bond motifs is 3. The first kappa shape index (κ1) is 29.8. The van der Waals surface area contributed by atoms with E-state index in [0.29, 0.717) is 12.0 Å². The maximum atomic E-state index is 13.8. The standard InChI is InChI=1S/C25H28BrN3O8.BrH/c1-4-12(26)24(36)28-13-6-5-9-7-10-8-11-17(29(2)3)20(32)16(23(27)35)22(34)25(11,37)21(33)15(10)19(31)14(9)18(13)30;/h5-6,10-12,17,30-31,34,37H,4,7-8H2,1-3H3,(H2,27,35)(H,28,36);1H/t10?,11?,12?,17-,25-;/m0./s1. The number of aromatic hydroxyl groups is 1. The van der Waals surface area contributed by atoms with Crippen LogP contribution in [0.4, 0.5) is 5.69 Å². The lowest BCUT2D eigenvalue weighted by atomic mass is 9.57. The van der Waals surface area contributed by atoms with Crippen molar-refractivity contribution >= 4 is 67.7 Å². The number of anilines is 1. The number of likely N-dealkylation sites (N-methyl/N-ethyl adjacent to an activating group) is 1. The summed E-state index contributed by atoms with van der Waals surface area (Å²) in [4.78, 5) is 52.1. The molecule has 0 aliphatic heterocycles. The number of amides is 2. The Bertz CT molecular complexity index is 1310. The van der Waals surface area contributed by atoms with E-state index >= 15 is 0 Å². The number of carbonyl (C=O) groups is 4. The number of nitrogens with two attached hydrogens (primary N) is 1. The van der Waals surface area contributed by atoms with Crippen molar-refractivity contribution in [2.24, 2.45) is 17.6 Å². The summed E-state index contributed by atoms with van der Waals surface area (Å²) in [5.74, 6) is -7.62. The number of benzene rings is 1. The molecule has 3 aliphatic rings. The molecule has 3 aliphatic carbocycles. The molecule has 0 saturated heterocycles. The number of nitrogens with zero attached hydrogens (tertiary/aromatic N) is 1. The van der Waals surface area contributed by atoms with E-state index in [9.17, 15) is 39.6 Å². The number of carbonyl (C=O) groups excluding carboxylic acids is 4. The lowest BCUT2D eigenvalue weighted by Crippen LogP contribution is -2.65. The van der Waals surface area contributed by atoms with Crippen LogP contribution in [0.3, 0.4) is 0 Å². The van der Waals surface area contributed by atoms with Crippen molar-refractivity contribution in [2.75, 3.05) is 19.4 Å². The molecule has 11 nitrogen and oxygen atoms in total. The molecule has 1 aromatic rings. The van der Waals surface area contributed by atoms with E-state index < -0.39 is 74.5 Å². The first-order valence-electron chi connectivity index (χ1n) is 11.7. The van der Waals surface area contributed by atoms with Gasteiger partial charge in [0.05, 0.1) is 22.1 Å². The number of aliphatic hydroxyl groups excluding tert-OH is 2. The van der Waals surface area contributed by atoms with E-state index in [0.717, 1.165) is 0 Å². The number of hydrogen-bond donors (Lipinski definition) is 6. The Labute approximate surface area is 237 Å². The fraction of sp³-hybridized carbons (Fsp3) is 0.440. The minimum absolute atomic E-state index is 0. The number of phenolic OH excluding ortho intramolecular Hbond substituents is 1. The highest BCUT2D eigenvalue weighted by molar-refractivity contribution is 9.10. The van der Waals surface area contributed by atoms with Crippen molar-refractivity contribution in [3.63, 3.8) is 0 Å². The molecule has 7 N–H and O–H groups in total. The summed E-state index contributed by atoms with van der Waals surface area (Å²) < 4.78 is 0. The largest absolute Gasteiger partial charge is 0.508 e. The zero-order chi connectivity index (χ0) is 27.6. The van der Waals surface area contributed by atoms with Crippen LogP contribution in [0.5, 0.6) is 5.75 Å². The highest BCUT2D eigenvalue weighted by Gasteiger charge is 2.64. The zero-order valence-corrected chi connectivity index (χ0v) is 24.1. The number of halogens is 2. The predicted octanol–water partition coefficient (Wildman–Crippen LogP) is 1.65. The minimum atomic E-state index is -2.70. The van der Waals surface area contributed by atoms with E-state index in [4.69, 9.17) is 5.73 Å². The normalized spacial score (nSPS) is 27.3. The van der Waals surface area contributed by atoms with Crippen LogP contribution in [-0.2, 0) is 25.6 Å². The lowest BCUT2D eigenvalue weighted by Gasteiger charge is -2.50. The molecule has 4 rings (SSSR count). The number of nitrogens with one attached hydrogen (secondary N) is 1. The Hall–Kier alpha value is -2.74. The number of Topliss-reactive ketones (excluding diaryl/α,β-unsaturated/α-hetero) is 2. The number of phenols is 1. The Morgan fingerprint density at radius 1 is 1.24 bits per heavy atom. The molecular formula is C25H29Br2N3O8. The van der Waals surface area contributed by atoms with E-state index in [2.05, 4.69) is 21.2 Å². The van der Waals surface area contributed by atoms with Crippen molar-refractivity contribution in [3.8, 4) is 5.75 Å². The van der Waals surface area contributed by atoms with Crippen LogP contribution >= 0.6 is 32.9 Å². The Balaban J connectivity index is 0.00000400. The molecule has 3 unspecified atom stereocenters. The number of rotatable bonds is 5. The second-order valence-electron chi connectivity index (χ2n) is 9.82. The van der Waals surface area contributed by atoms with Gasteiger partial charge in [0.1, 0.15) is 22.8 Å². The monoisotopic (exact) mass is 657 g/mol. The molecule has 38 heavy (non-hydrogen) atoms. The molecular weight excluding hydrogens is 630 g/mol. The maximum Gasteiger partial charge on any atom is 0.255 e. The van der Waals surface area contributed by atoms with Gasteiger partial charge >= 0.3 is 0 Å². The first-order chi connectivity index (χ1) is 17.3. The molecule has 1 aromatic carbocycles. The average Bonchev–Trinajstić information content (AvgIpc) is 2.82. The summed E-state index contributed by atoms with van der Waals surface area (Å²) >= 11 is 3.23. The number of ketones is 2. The van der Waals surface area contributed by atoms with Crippen molar-refractivity contribution in [3.05, 3.63) is 40.2 Å². The molecule has 1 saturated carbocycles. The second kappa shape index (κ2) is 10.4. The Morgan fingerprint density at radius 3 is 2.42 bits per heavy atom. The van der Waals surface area contributed by atoms with Gasteiger partial charge in [-0.15, -0.1) is 17.0 Å². The van der Waals surface area contributed by atoms with E-state index in [-0.39, 0.29) is 46.6 Å². The van der Waals surface area contributed by atoms with E-state index in [1.54, 1.807) is 13.0 Å². The fourth-order valence-electron chi connectivity index (χ4n) is 5.72. The molecule has 0 bridgehead atoms. The number of hydrogen-bond acceptors (Lipinski definition) is 9. The van der Waals surface area contributed by atoms with Crippen LogP contribution in [0.1, 0.15) is 30.9 Å². The quantitative estimate of drug-likeness (QED) is 0.155. The first-order valence-corrected chi connectivity index (χ1v) is 12.6. The smallest absolute Gasteiger partial charge is 0.255 e. The highest BCUT2D eigenvalue weighted by atomic mass is 79.9. The van der Waals surface area contributed by atoms with Crippen LogP contribution in [0.25, 0.3) is 5.76 Å². The van der Waals surface area contributed by atoms with Gasteiger partial charge in [-0.1, -0.05) is 28.9 Å². The summed E-state index contributed by atoms with van der Waals surface area (Å²) in [7, 11) is 3.08. The topological polar surface area (TPSA) is 190 Å². The van der Waals surface area contributed by atoms with Gasteiger partial charge in [0.15, 0.2) is 11.4 Å².